The fraction of sp³-hybridized carbons (Fsp3) is 0.889. The van der Waals surface area contributed by atoms with E-state index in [9.17, 15) is 0 Å². The van der Waals surface area contributed by atoms with Crippen LogP contribution in [0.25, 0.3) is 0 Å². The molecule has 1 fully saturated rings. The van der Waals surface area contributed by atoms with Gasteiger partial charge in [0.2, 0.25) is 0 Å². The largest absolute Gasteiger partial charge is 0.363 e. The van der Waals surface area contributed by atoms with Crippen LogP contribution >= 0.6 is 11.8 Å². The number of thioether (sulfide) groups is 1. The fourth-order valence-electron chi connectivity index (χ4n) is 1.43. The molecule has 68 valence electrons. The topological polar surface area (TPSA) is 24.4 Å². The number of amidine groups is 1. The maximum atomic E-state index is 4.49. The molecular formula is C9H16N2S. The smallest absolute Gasteiger partial charge is 0.157 e. The maximum Gasteiger partial charge on any atom is 0.157 e. The van der Waals surface area contributed by atoms with Crippen LogP contribution in [0.5, 0.6) is 0 Å². The lowest BCUT2D eigenvalue weighted by Gasteiger charge is -2.09. The normalized spacial score (nSPS) is 29.2. The van der Waals surface area contributed by atoms with E-state index in [-0.39, 0.29) is 0 Å². The van der Waals surface area contributed by atoms with Gasteiger partial charge in [0.1, 0.15) is 0 Å². The predicted octanol–water partition coefficient (Wildman–Crippen LogP) is 1.87. The Labute approximate surface area is 78.2 Å². The van der Waals surface area contributed by atoms with E-state index in [0.717, 1.165) is 17.7 Å². The monoisotopic (exact) mass is 184 g/mol. The second kappa shape index (κ2) is 3.29. The van der Waals surface area contributed by atoms with Gasteiger partial charge in [-0.2, -0.15) is 0 Å². The third kappa shape index (κ3) is 1.94. The molecule has 2 rings (SSSR count). The van der Waals surface area contributed by atoms with Crippen LogP contribution in [0, 0.1) is 5.92 Å². The van der Waals surface area contributed by atoms with Crippen LogP contribution in [0.15, 0.2) is 4.99 Å². The molecule has 1 aliphatic carbocycles. The molecule has 2 nitrogen and oxygen atoms in total. The summed E-state index contributed by atoms with van der Waals surface area (Å²) in [5, 5.41) is 5.33. The highest BCUT2D eigenvalue weighted by molar-refractivity contribution is 8.14. The Balaban J connectivity index is 1.79. The van der Waals surface area contributed by atoms with Crippen molar-refractivity contribution >= 4 is 16.9 Å². The average molecular weight is 184 g/mol. The Morgan fingerprint density at radius 2 is 2.25 bits per heavy atom. The van der Waals surface area contributed by atoms with E-state index in [1.165, 1.54) is 18.0 Å². The molecule has 1 aliphatic heterocycles. The Kier molecular flexibility index (Phi) is 2.31. The van der Waals surface area contributed by atoms with Crippen molar-refractivity contribution in [2.24, 2.45) is 10.9 Å². The molecule has 1 unspecified atom stereocenters. The first kappa shape index (κ1) is 8.42. The van der Waals surface area contributed by atoms with Crippen molar-refractivity contribution in [3.8, 4) is 0 Å². The number of hydrogen-bond acceptors (Lipinski definition) is 3. The molecule has 3 heteroatoms. The lowest BCUT2D eigenvalue weighted by Crippen LogP contribution is -2.27. The molecule has 1 N–H and O–H groups in total. The molecule has 1 heterocycles. The van der Waals surface area contributed by atoms with Crippen molar-refractivity contribution in [1.82, 2.24) is 5.32 Å². The van der Waals surface area contributed by atoms with Crippen LogP contribution in [0.1, 0.15) is 26.7 Å². The number of nitrogens with zero attached hydrogens (tertiary/aromatic N) is 1. The van der Waals surface area contributed by atoms with E-state index in [2.05, 4.69) is 24.2 Å². The minimum Gasteiger partial charge on any atom is -0.363 e. The Morgan fingerprint density at radius 1 is 1.50 bits per heavy atom. The summed E-state index contributed by atoms with van der Waals surface area (Å²) in [6, 6.07) is 0.522. The molecular weight excluding hydrogens is 168 g/mol. The fourth-order valence-corrected chi connectivity index (χ4v) is 2.78. The first-order chi connectivity index (χ1) is 5.75. The van der Waals surface area contributed by atoms with Crippen molar-refractivity contribution in [2.75, 3.05) is 6.54 Å². The standard InChI is InChI=1S/C9H16N2S/c1-6(2)11-9-10-5-8(12-9)7-3-4-7/h6-8H,3-5H2,1-2H3,(H,10,11). The molecule has 1 atom stereocenters. The van der Waals surface area contributed by atoms with E-state index >= 15 is 0 Å². The molecule has 0 bridgehead atoms. The molecule has 0 aromatic rings. The number of rotatable bonds is 2. The average Bonchev–Trinajstić information content (AvgIpc) is 2.73. The van der Waals surface area contributed by atoms with Gasteiger partial charge >= 0.3 is 0 Å². The van der Waals surface area contributed by atoms with Crippen molar-refractivity contribution in [1.29, 1.82) is 0 Å². The minimum atomic E-state index is 0.522. The lowest BCUT2D eigenvalue weighted by atomic mass is 10.3. The third-order valence-electron chi connectivity index (χ3n) is 2.24. The Hall–Kier alpha value is -0.180. The minimum absolute atomic E-state index is 0.522. The van der Waals surface area contributed by atoms with Gasteiger partial charge in [-0.05, 0) is 32.6 Å². The van der Waals surface area contributed by atoms with Crippen LogP contribution in [0.4, 0.5) is 0 Å². The van der Waals surface area contributed by atoms with E-state index < -0.39 is 0 Å². The van der Waals surface area contributed by atoms with Crippen LogP contribution in [0.2, 0.25) is 0 Å². The van der Waals surface area contributed by atoms with Crippen molar-refractivity contribution < 1.29 is 0 Å². The Morgan fingerprint density at radius 3 is 2.83 bits per heavy atom. The molecule has 1 saturated carbocycles. The second-order valence-corrected chi connectivity index (χ2v) is 5.17. The second-order valence-electron chi connectivity index (χ2n) is 3.94. The molecule has 0 aromatic heterocycles. The van der Waals surface area contributed by atoms with Gasteiger partial charge in [-0.3, -0.25) is 4.99 Å². The van der Waals surface area contributed by atoms with Crippen molar-refractivity contribution in [3.63, 3.8) is 0 Å². The summed E-state index contributed by atoms with van der Waals surface area (Å²) in [4.78, 5) is 4.49. The molecule has 0 amide bonds. The number of nitrogens with one attached hydrogen (secondary N) is 1. The number of hydrogen-bond donors (Lipinski definition) is 1. The summed E-state index contributed by atoms with van der Waals surface area (Å²) in [6.07, 6.45) is 2.87. The van der Waals surface area contributed by atoms with Crippen LogP contribution < -0.4 is 5.32 Å². The van der Waals surface area contributed by atoms with Crippen LogP contribution in [0.3, 0.4) is 0 Å². The number of aliphatic imine (C=N–C) groups is 1. The third-order valence-corrected chi connectivity index (χ3v) is 3.54. The SMILES string of the molecule is CC(C)NC1=NCC(C2CC2)S1. The first-order valence-corrected chi connectivity index (χ1v) is 5.61. The highest BCUT2D eigenvalue weighted by atomic mass is 32.2. The van der Waals surface area contributed by atoms with Crippen LogP contribution in [-0.4, -0.2) is 23.0 Å². The predicted molar refractivity (Wildman–Crippen MR) is 54.7 cm³/mol. The van der Waals surface area contributed by atoms with Gasteiger partial charge in [0.15, 0.2) is 5.17 Å². The van der Waals surface area contributed by atoms with Gasteiger partial charge in [0.25, 0.3) is 0 Å². The van der Waals surface area contributed by atoms with Gasteiger partial charge in [0, 0.05) is 11.3 Å². The highest BCUT2D eigenvalue weighted by Crippen LogP contribution is 2.41. The summed E-state index contributed by atoms with van der Waals surface area (Å²) in [5.74, 6) is 0.977. The molecule has 2 aliphatic rings. The molecule has 0 saturated heterocycles. The highest BCUT2D eigenvalue weighted by Gasteiger charge is 2.35. The van der Waals surface area contributed by atoms with E-state index in [1.54, 1.807) is 0 Å². The van der Waals surface area contributed by atoms with Gasteiger partial charge in [-0.15, -0.1) is 0 Å². The summed E-state index contributed by atoms with van der Waals surface area (Å²) in [6.45, 7) is 5.37. The zero-order chi connectivity index (χ0) is 8.55. The molecule has 0 radical (unpaired) electrons. The summed E-state index contributed by atoms with van der Waals surface area (Å²) >= 11 is 1.95. The zero-order valence-corrected chi connectivity index (χ0v) is 8.53. The van der Waals surface area contributed by atoms with Crippen molar-refractivity contribution in [2.45, 2.75) is 38.0 Å². The summed E-state index contributed by atoms with van der Waals surface area (Å²) < 4.78 is 0. The lowest BCUT2D eigenvalue weighted by molar-refractivity contribution is 0.736. The van der Waals surface area contributed by atoms with Gasteiger partial charge < -0.3 is 5.32 Å². The van der Waals surface area contributed by atoms with Gasteiger partial charge in [0.05, 0.1) is 6.54 Å². The van der Waals surface area contributed by atoms with E-state index in [4.69, 9.17) is 0 Å². The quantitative estimate of drug-likeness (QED) is 0.708. The first-order valence-electron chi connectivity index (χ1n) is 4.73. The molecule has 0 aromatic carbocycles. The Bertz CT molecular complexity index is 197. The molecule has 0 spiro atoms. The van der Waals surface area contributed by atoms with Crippen molar-refractivity contribution in [3.05, 3.63) is 0 Å². The van der Waals surface area contributed by atoms with Gasteiger partial charge in [-0.25, -0.2) is 0 Å². The molecule has 12 heavy (non-hydrogen) atoms. The summed E-state index contributed by atoms with van der Waals surface area (Å²) in [7, 11) is 0. The summed E-state index contributed by atoms with van der Waals surface area (Å²) in [5.41, 5.74) is 0. The maximum absolute atomic E-state index is 4.49. The van der Waals surface area contributed by atoms with E-state index in [0.29, 0.717) is 6.04 Å². The van der Waals surface area contributed by atoms with E-state index in [1.807, 2.05) is 11.8 Å². The van der Waals surface area contributed by atoms with Gasteiger partial charge in [-0.1, -0.05) is 11.8 Å². The zero-order valence-electron chi connectivity index (χ0n) is 7.71. The van der Waals surface area contributed by atoms with Crippen LogP contribution in [-0.2, 0) is 0 Å².